The molecule has 128 valence electrons. The number of benzene rings is 2. The average Bonchev–Trinajstić information content (AvgIpc) is 3.08. The summed E-state index contributed by atoms with van der Waals surface area (Å²) in [5.74, 6) is -0.120. The highest BCUT2D eigenvalue weighted by molar-refractivity contribution is 7.85. The summed E-state index contributed by atoms with van der Waals surface area (Å²) in [7, 11) is -0.851. The number of rotatable bonds is 4. The van der Waals surface area contributed by atoms with Crippen molar-refractivity contribution in [3.8, 4) is 0 Å². The number of carboxylic acid groups (broad SMARTS) is 1. The molecule has 0 bridgehead atoms. The van der Waals surface area contributed by atoms with Crippen LogP contribution in [-0.2, 0) is 35.0 Å². The number of aromatic nitrogens is 1. The smallest absolute Gasteiger partial charge is 0.323 e. The molecule has 1 atom stereocenters. The number of carboxylic acids is 1. The van der Waals surface area contributed by atoms with E-state index in [-0.39, 0.29) is 6.54 Å². The van der Waals surface area contributed by atoms with Gasteiger partial charge >= 0.3 is 5.97 Å². The molecule has 3 aromatic rings. The van der Waals surface area contributed by atoms with Gasteiger partial charge in [0.1, 0.15) is 6.54 Å². The number of hydrogen-bond acceptors (Lipinski definition) is 2. The van der Waals surface area contributed by atoms with Crippen molar-refractivity contribution in [3.05, 3.63) is 64.8 Å². The third-order valence-electron chi connectivity index (χ3n) is 4.96. The highest BCUT2D eigenvalue weighted by atomic mass is 32.2. The van der Waals surface area contributed by atoms with Gasteiger partial charge in [-0.25, -0.2) is 0 Å². The zero-order chi connectivity index (χ0) is 17.6. The topological polar surface area (TPSA) is 59.3 Å². The molecule has 4 rings (SSSR count). The highest BCUT2D eigenvalue weighted by Gasteiger charge is 2.20. The largest absolute Gasteiger partial charge is 0.480 e. The molecule has 1 aliphatic rings. The molecular weight excluding hydrogens is 334 g/mol. The first-order valence-corrected chi connectivity index (χ1v) is 9.65. The summed E-state index contributed by atoms with van der Waals surface area (Å²) in [5.41, 5.74) is 5.48. The number of nitrogens with zero attached hydrogens (tertiary/aromatic N) is 1. The Labute approximate surface area is 148 Å². The highest BCUT2D eigenvalue weighted by Crippen LogP contribution is 2.30. The molecule has 0 fully saturated rings. The predicted molar refractivity (Wildman–Crippen MR) is 98.5 cm³/mol. The molecule has 25 heavy (non-hydrogen) atoms. The van der Waals surface area contributed by atoms with Crippen molar-refractivity contribution < 1.29 is 14.1 Å². The van der Waals surface area contributed by atoms with E-state index < -0.39 is 16.8 Å². The molecule has 0 amide bonds. The normalized spacial score (nSPS) is 16.3. The quantitative estimate of drug-likeness (QED) is 0.783. The number of fused-ring (bicyclic) bond motifs is 2. The lowest BCUT2D eigenvalue weighted by Gasteiger charge is -2.07. The van der Waals surface area contributed by atoms with Crippen LogP contribution in [0.5, 0.6) is 0 Å². The maximum absolute atomic E-state index is 11.9. The Morgan fingerprint density at radius 1 is 1.24 bits per heavy atom. The summed E-state index contributed by atoms with van der Waals surface area (Å²) in [6.07, 6.45) is 1.62. The lowest BCUT2D eigenvalue weighted by molar-refractivity contribution is -0.137. The SMILES string of the molecule is Cc1c(Cc2ccc3c(c2)CCS3=O)c2ccccc2n1CC(=O)O. The Bertz CT molecular complexity index is 1020. The molecule has 0 saturated heterocycles. The molecule has 1 unspecified atom stereocenters. The van der Waals surface area contributed by atoms with Gasteiger partial charge < -0.3 is 9.67 Å². The molecule has 0 radical (unpaired) electrons. The number of para-hydroxylation sites is 1. The number of aryl methyl sites for hydroxylation is 1. The van der Waals surface area contributed by atoms with Crippen molar-refractivity contribution in [2.75, 3.05) is 5.75 Å². The van der Waals surface area contributed by atoms with Crippen LogP contribution >= 0.6 is 0 Å². The predicted octanol–water partition coefficient (Wildman–Crippen LogP) is 3.29. The van der Waals surface area contributed by atoms with Crippen LogP contribution in [0.25, 0.3) is 10.9 Å². The molecule has 4 nitrogen and oxygen atoms in total. The van der Waals surface area contributed by atoms with E-state index in [1.54, 1.807) is 0 Å². The minimum absolute atomic E-state index is 0.0322. The lowest BCUT2D eigenvalue weighted by atomic mass is 10.00. The number of aliphatic carboxylic acids is 1. The van der Waals surface area contributed by atoms with Crippen LogP contribution in [0, 0.1) is 6.92 Å². The standard InChI is InChI=1S/C20H19NO3S/c1-13-17(11-14-6-7-19-15(10-14)8-9-25(19)24)16-4-2-3-5-18(16)21(13)12-20(22)23/h2-7,10H,8-9,11-12H2,1H3,(H,22,23). The third kappa shape index (κ3) is 2.78. The molecular formula is C20H19NO3S. The summed E-state index contributed by atoms with van der Waals surface area (Å²) in [5, 5.41) is 10.3. The molecule has 1 aliphatic heterocycles. The van der Waals surface area contributed by atoms with Gasteiger partial charge in [-0.3, -0.25) is 9.00 Å². The summed E-state index contributed by atoms with van der Waals surface area (Å²) in [6, 6.07) is 14.1. The summed E-state index contributed by atoms with van der Waals surface area (Å²) >= 11 is 0. The Balaban J connectivity index is 1.78. The minimum atomic E-state index is -0.851. The third-order valence-corrected chi connectivity index (χ3v) is 6.43. The van der Waals surface area contributed by atoms with Crippen LogP contribution in [-0.4, -0.2) is 25.6 Å². The molecule has 5 heteroatoms. The molecule has 2 heterocycles. The van der Waals surface area contributed by atoms with E-state index in [0.717, 1.165) is 45.7 Å². The van der Waals surface area contributed by atoms with Crippen molar-refractivity contribution in [2.24, 2.45) is 0 Å². The van der Waals surface area contributed by atoms with Gasteiger partial charge in [-0.2, -0.15) is 0 Å². The van der Waals surface area contributed by atoms with Crippen LogP contribution in [0.1, 0.15) is 22.4 Å². The first kappa shape index (κ1) is 16.1. The molecule has 2 aromatic carbocycles. The van der Waals surface area contributed by atoms with E-state index in [4.69, 9.17) is 0 Å². The van der Waals surface area contributed by atoms with E-state index in [1.807, 2.05) is 41.8 Å². The fraction of sp³-hybridized carbons (Fsp3) is 0.250. The van der Waals surface area contributed by atoms with Gasteiger partial charge in [-0.05, 0) is 48.6 Å². The van der Waals surface area contributed by atoms with Crippen molar-refractivity contribution in [1.29, 1.82) is 0 Å². The molecule has 0 aliphatic carbocycles. The monoisotopic (exact) mass is 353 g/mol. The van der Waals surface area contributed by atoms with Gasteiger partial charge in [0.25, 0.3) is 0 Å². The Morgan fingerprint density at radius 3 is 2.84 bits per heavy atom. The first-order chi connectivity index (χ1) is 12.0. The van der Waals surface area contributed by atoms with Crippen LogP contribution in [0.3, 0.4) is 0 Å². The second-order valence-electron chi connectivity index (χ2n) is 6.48. The second-order valence-corrected chi connectivity index (χ2v) is 8.02. The fourth-order valence-electron chi connectivity index (χ4n) is 3.74. The zero-order valence-electron chi connectivity index (χ0n) is 14.0. The number of carbonyl (C=O) groups is 1. The Hall–Kier alpha value is -2.40. The molecule has 0 saturated carbocycles. The van der Waals surface area contributed by atoms with E-state index in [1.165, 1.54) is 11.1 Å². The maximum atomic E-state index is 11.9. The average molecular weight is 353 g/mol. The van der Waals surface area contributed by atoms with Gasteiger partial charge in [-0.15, -0.1) is 0 Å². The molecule has 0 spiro atoms. The fourth-order valence-corrected chi connectivity index (χ4v) is 5.04. The van der Waals surface area contributed by atoms with Crippen LogP contribution in [0.4, 0.5) is 0 Å². The molecule has 1 N–H and O–H groups in total. The van der Waals surface area contributed by atoms with Crippen molar-refractivity contribution >= 4 is 27.7 Å². The second kappa shape index (κ2) is 6.15. The van der Waals surface area contributed by atoms with Gasteiger partial charge in [0.2, 0.25) is 0 Å². The lowest BCUT2D eigenvalue weighted by Crippen LogP contribution is -2.10. The van der Waals surface area contributed by atoms with Gasteiger partial charge in [-0.1, -0.05) is 30.3 Å². The maximum Gasteiger partial charge on any atom is 0.323 e. The van der Waals surface area contributed by atoms with E-state index >= 15 is 0 Å². The van der Waals surface area contributed by atoms with E-state index in [9.17, 15) is 14.1 Å². The van der Waals surface area contributed by atoms with Gasteiger partial charge in [0, 0.05) is 27.2 Å². The van der Waals surface area contributed by atoms with Crippen molar-refractivity contribution in [3.63, 3.8) is 0 Å². The van der Waals surface area contributed by atoms with Crippen LogP contribution in [0.2, 0.25) is 0 Å². The zero-order valence-corrected chi connectivity index (χ0v) is 14.8. The number of hydrogen-bond donors (Lipinski definition) is 1. The minimum Gasteiger partial charge on any atom is -0.480 e. The summed E-state index contributed by atoms with van der Waals surface area (Å²) in [6.45, 7) is 1.95. The van der Waals surface area contributed by atoms with Crippen molar-refractivity contribution in [1.82, 2.24) is 4.57 Å². The van der Waals surface area contributed by atoms with Crippen LogP contribution < -0.4 is 0 Å². The summed E-state index contributed by atoms with van der Waals surface area (Å²) < 4.78 is 13.8. The van der Waals surface area contributed by atoms with Gasteiger partial charge in [0.05, 0.1) is 10.8 Å². The first-order valence-electron chi connectivity index (χ1n) is 8.33. The van der Waals surface area contributed by atoms with Crippen LogP contribution in [0.15, 0.2) is 47.4 Å². The van der Waals surface area contributed by atoms with E-state index in [2.05, 4.69) is 12.1 Å². The van der Waals surface area contributed by atoms with E-state index in [0.29, 0.717) is 0 Å². The Kier molecular flexibility index (Phi) is 3.96. The Morgan fingerprint density at radius 2 is 2.04 bits per heavy atom. The van der Waals surface area contributed by atoms with Crippen molar-refractivity contribution in [2.45, 2.75) is 31.2 Å². The molecule has 1 aromatic heterocycles. The van der Waals surface area contributed by atoms with Gasteiger partial charge in [0.15, 0.2) is 0 Å². The summed E-state index contributed by atoms with van der Waals surface area (Å²) in [4.78, 5) is 12.2.